The Labute approximate surface area is 136 Å². The maximum absolute atomic E-state index is 12.9. The molecule has 0 N–H and O–H groups in total. The van der Waals surface area contributed by atoms with Gasteiger partial charge in [-0.15, -0.1) is 10.2 Å². The molecule has 0 aliphatic carbocycles. The molecular formula is C17H15F3N4. The number of imidazole rings is 1. The Kier molecular flexibility index (Phi) is 3.87. The van der Waals surface area contributed by atoms with Crippen molar-refractivity contribution in [3.05, 3.63) is 58.9 Å². The molecule has 2 heterocycles. The van der Waals surface area contributed by atoms with Crippen LogP contribution in [0.4, 0.5) is 24.7 Å². The Morgan fingerprint density at radius 1 is 0.958 bits per heavy atom. The number of aryl methyl sites for hydroxylation is 3. The summed E-state index contributed by atoms with van der Waals surface area (Å²) in [4.78, 5) is 4.24. The van der Waals surface area contributed by atoms with E-state index in [2.05, 4.69) is 15.2 Å². The van der Waals surface area contributed by atoms with Crippen molar-refractivity contribution >= 4 is 17.2 Å². The minimum Gasteiger partial charge on any atom is -0.282 e. The quantitative estimate of drug-likeness (QED) is 0.556. The molecule has 0 aliphatic heterocycles. The molecule has 124 valence electrons. The molecule has 4 nitrogen and oxygen atoms in total. The third-order valence-electron chi connectivity index (χ3n) is 3.77. The van der Waals surface area contributed by atoms with Crippen LogP contribution in [0.1, 0.15) is 22.4 Å². The van der Waals surface area contributed by atoms with Crippen molar-refractivity contribution in [1.29, 1.82) is 0 Å². The van der Waals surface area contributed by atoms with Gasteiger partial charge in [-0.2, -0.15) is 13.2 Å². The van der Waals surface area contributed by atoms with Crippen LogP contribution in [0.15, 0.2) is 46.8 Å². The average Bonchev–Trinajstić information content (AvgIpc) is 2.81. The highest BCUT2D eigenvalue weighted by atomic mass is 19.4. The van der Waals surface area contributed by atoms with Gasteiger partial charge in [0.15, 0.2) is 5.82 Å². The molecule has 0 saturated heterocycles. The number of azo groups is 1. The number of halogens is 3. The minimum absolute atomic E-state index is 0.291. The van der Waals surface area contributed by atoms with E-state index in [4.69, 9.17) is 0 Å². The highest BCUT2D eigenvalue weighted by Crippen LogP contribution is 2.32. The summed E-state index contributed by atoms with van der Waals surface area (Å²) in [6.07, 6.45) is -3.43. The first-order valence-corrected chi connectivity index (χ1v) is 7.31. The zero-order valence-electron chi connectivity index (χ0n) is 13.4. The van der Waals surface area contributed by atoms with Gasteiger partial charge in [0, 0.05) is 6.20 Å². The van der Waals surface area contributed by atoms with E-state index >= 15 is 0 Å². The van der Waals surface area contributed by atoms with Crippen LogP contribution < -0.4 is 0 Å². The van der Waals surface area contributed by atoms with E-state index in [1.165, 1.54) is 10.5 Å². The van der Waals surface area contributed by atoms with Crippen molar-refractivity contribution in [2.24, 2.45) is 10.2 Å². The zero-order chi connectivity index (χ0) is 17.5. The molecule has 0 bridgehead atoms. The first-order chi connectivity index (χ1) is 11.3. The highest BCUT2D eigenvalue weighted by Gasteiger charge is 2.31. The summed E-state index contributed by atoms with van der Waals surface area (Å²) in [6.45, 7) is 5.51. The molecule has 0 radical (unpaired) electrons. The van der Waals surface area contributed by atoms with Crippen LogP contribution in [0.5, 0.6) is 0 Å². The molecule has 0 amide bonds. The lowest BCUT2D eigenvalue weighted by Crippen LogP contribution is -2.06. The summed E-state index contributed by atoms with van der Waals surface area (Å²) in [5.74, 6) is 0.291. The van der Waals surface area contributed by atoms with Gasteiger partial charge in [-0.05, 0) is 44.0 Å². The standard InChI is InChI=1S/C17H15F3N4/c1-10-5-4-6-11(2)15(10)22-23-16-12(3)21-14-8-7-13(9-24(14)16)17(18,19)20/h4-9H,1-3H3. The first-order valence-electron chi connectivity index (χ1n) is 7.31. The first kappa shape index (κ1) is 16.2. The molecule has 7 heteroatoms. The molecule has 0 aliphatic rings. The predicted octanol–water partition coefficient (Wildman–Crippen LogP) is 5.69. The van der Waals surface area contributed by atoms with E-state index in [-0.39, 0.29) is 0 Å². The number of alkyl halides is 3. The number of aromatic nitrogens is 2. The lowest BCUT2D eigenvalue weighted by atomic mass is 10.1. The molecule has 0 fully saturated rings. The van der Waals surface area contributed by atoms with E-state index in [9.17, 15) is 13.2 Å². The van der Waals surface area contributed by atoms with E-state index in [0.717, 1.165) is 23.4 Å². The van der Waals surface area contributed by atoms with Gasteiger partial charge in [-0.25, -0.2) is 4.98 Å². The van der Waals surface area contributed by atoms with Gasteiger partial charge in [-0.1, -0.05) is 18.2 Å². The normalized spacial score (nSPS) is 12.4. The fourth-order valence-corrected chi connectivity index (χ4v) is 2.50. The Hall–Kier alpha value is -2.70. The molecule has 0 atom stereocenters. The molecule has 24 heavy (non-hydrogen) atoms. The molecule has 0 unspecified atom stereocenters. The fraction of sp³-hybridized carbons (Fsp3) is 0.235. The van der Waals surface area contributed by atoms with E-state index in [1.54, 1.807) is 6.92 Å². The van der Waals surface area contributed by atoms with Crippen LogP contribution in [0.3, 0.4) is 0 Å². The summed E-state index contributed by atoms with van der Waals surface area (Å²) in [7, 11) is 0. The molecule has 1 aromatic carbocycles. The van der Waals surface area contributed by atoms with Crippen LogP contribution in [0.2, 0.25) is 0 Å². The van der Waals surface area contributed by atoms with E-state index in [1.807, 2.05) is 32.0 Å². The van der Waals surface area contributed by atoms with Gasteiger partial charge in [0.25, 0.3) is 0 Å². The number of hydrogen-bond acceptors (Lipinski definition) is 3. The predicted molar refractivity (Wildman–Crippen MR) is 85.0 cm³/mol. The number of pyridine rings is 1. The van der Waals surface area contributed by atoms with Crippen molar-refractivity contribution < 1.29 is 13.2 Å². The number of hydrogen-bond donors (Lipinski definition) is 0. The van der Waals surface area contributed by atoms with Crippen molar-refractivity contribution in [2.45, 2.75) is 26.9 Å². The Balaban J connectivity index is 2.12. The topological polar surface area (TPSA) is 42.0 Å². The number of fused-ring (bicyclic) bond motifs is 1. The SMILES string of the molecule is Cc1cccc(C)c1N=Nc1c(C)nc2ccc(C(F)(F)F)cn12. The van der Waals surface area contributed by atoms with Crippen LogP contribution >= 0.6 is 0 Å². The lowest BCUT2D eigenvalue weighted by molar-refractivity contribution is -0.137. The largest absolute Gasteiger partial charge is 0.417 e. The number of nitrogens with zero attached hydrogens (tertiary/aromatic N) is 4. The van der Waals surface area contributed by atoms with Crippen molar-refractivity contribution in [3.8, 4) is 0 Å². The van der Waals surface area contributed by atoms with Crippen molar-refractivity contribution in [2.75, 3.05) is 0 Å². The van der Waals surface area contributed by atoms with Gasteiger partial charge < -0.3 is 0 Å². The Morgan fingerprint density at radius 3 is 2.25 bits per heavy atom. The second-order valence-electron chi connectivity index (χ2n) is 5.60. The monoisotopic (exact) mass is 332 g/mol. The van der Waals surface area contributed by atoms with Crippen LogP contribution in [0.25, 0.3) is 5.65 Å². The lowest BCUT2D eigenvalue weighted by Gasteiger charge is -2.07. The van der Waals surface area contributed by atoms with Gasteiger partial charge in [0.2, 0.25) is 0 Å². The summed E-state index contributed by atoms with van der Waals surface area (Å²) < 4.78 is 40.1. The summed E-state index contributed by atoms with van der Waals surface area (Å²) in [5.41, 5.74) is 2.76. The van der Waals surface area contributed by atoms with Crippen molar-refractivity contribution in [3.63, 3.8) is 0 Å². The maximum atomic E-state index is 12.9. The maximum Gasteiger partial charge on any atom is 0.417 e. The van der Waals surface area contributed by atoms with Crippen LogP contribution in [-0.2, 0) is 6.18 Å². The third kappa shape index (κ3) is 2.89. The molecule has 3 aromatic rings. The van der Waals surface area contributed by atoms with Crippen LogP contribution in [-0.4, -0.2) is 9.38 Å². The summed E-state index contributed by atoms with van der Waals surface area (Å²) >= 11 is 0. The molecule has 2 aromatic heterocycles. The van der Waals surface area contributed by atoms with E-state index < -0.39 is 11.7 Å². The zero-order valence-corrected chi connectivity index (χ0v) is 13.4. The van der Waals surface area contributed by atoms with Crippen LogP contribution in [0, 0.1) is 20.8 Å². The molecule has 0 spiro atoms. The molecule has 3 rings (SSSR count). The Morgan fingerprint density at radius 2 is 1.62 bits per heavy atom. The van der Waals surface area contributed by atoms with Crippen molar-refractivity contribution in [1.82, 2.24) is 9.38 Å². The fourth-order valence-electron chi connectivity index (χ4n) is 2.50. The van der Waals surface area contributed by atoms with Gasteiger partial charge in [0.05, 0.1) is 16.9 Å². The van der Waals surface area contributed by atoms with Gasteiger partial charge in [-0.3, -0.25) is 4.40 Å². The third-order valence-corrected chi connectivity index (χ3v) is 3.77. The highest BCUT2D eigenvalue weighted by molar-refractivity contribution is 5.54. The van der Waals surface area contributed by atoms with Gasteiger partial charge >= 0.3 is 6.18 Å². The van der Waals surface area contributed by atoms with Gasteiger partial charge in [0.1, 0.15) is 5.65 Å². The second-order valence-corrected chi connectivity index (χ2v) is 5.60. The summed E-state index contributed by atoms with van der Waals surface area (Å²) in [6, 6.07) is 8.07. The molecular weight excluding hydrogens is 317 g/mol. The second kappa shape index (κ2) is 5.74. The molecule has 0 saturated carbocycles. The number of rotatable bonds is 2. The smallest absolute Gasteiger partial charge is 0.282 e. The average molecular weight is 332 g/mol. The van der Waals surface area contributed by atoms with E-state index in [0.29, 0.717) is 22.8 Å². The summed E-state index contributed by atoms with van der Waals surface area (Å²) in [5, 5.41) is 8.40. The number of benzene rings is 1. The minimum atomic E-state index is -4.42. The Bertz CT molecular complexity index is 919.